The number of nitrogens with two attached hydrogens (primary N) is 1. The average Bonchev–Trinajstić information content (AvgIpc) is 3.45. The Bertz CT molecular complexity index is 906. The maximum atomic E-state index is 6.05. The summed E-state index contributed by atoms with van der Waals surface area (Å²) in [4.78, 5) is 4.78. The van der Waals surface area contributed by atoms with Crippen LogP contribution in [0.15, 0.2) is 64.8 Å². The Kier molecular flexibility index (Phi) is 4.86. The van der Waals surface area contributed by atoms with Gasteiger partial charge in [-0.25, -0.2) is 4.98 Å². The number of oxazole rings is 1. The summed E-state index contributed by atoms with van der Waals surface area (Å²) in [6, 6.07) is 8.22. The number of hydrogen-bond acceptors (Lipinski definition) is 5. The Hall–Kier alpha value is -2.79. The first-order valence-corrected chi connectivity index (χ1v) is 9.33. The number of rotatable bonds is 6. The molecule has 5 heteroatoms. The zero-order valence-electron chi connectivity index (χ0n) is 15.6. The fourth-order valence-corrected chi connectivity index (χ4v) is 3.68. The molecule has 4 rings (SSSR count). The molecule has 5 nitrogen and oxygen atoms in total. The first-order chi connectivity index (χ1) is 13.2. The minimum atomic E-state index is 0.376. The third kappa shape index (κ3) is 3.69. The van der Waals surface area contributed by atoms with Crippen molar-refractivity contribution >= 4 is 0 Å². The number of ether oxygens (including phenoxy) is 1. The van der Waals surface area contributed by atoms with E-state index in [0.717, 1.165) is 48.6 Å². The Morgan fingerprint density at radius 3 is 3.04 bits per heavy atom. The minimum Gasteiger partial charge on any atom is -0.497 e. The van der Waals surface area contributed by atoms with Crippen LogP contribution < -0.4 is 15.8 Å². The van der Waals surface area contributed by atoms with E-state index in [9.17, 15) is 0 Å². The standard InChI is InChI=1S/C22H25N3O2/c1-14(18(7-4-10-23)20-13-24-20)15-8-9-21-19(12-15)25-22(27-21)16-5-3-6-17(11-16)26-2/h3-7,10-11,15,20,24H,1,8-9,12-13,23H2,2H3/b10-4-,18-7+. The van der Waals surface area contributed by atoms with E-state index in [1.165, 1.54) is 11.1 Å². The molecule has 2 unspecified atom stereocenters. The lowest BCUT2D eigenvalue weighted by atomic mass is 9.81. The van der Waals surface area contributed by atoms with Crippen molar-refractivity contribution in [2.75, 3.05) is 13.7 Å². The van der Waals surface area contributed by atoms with E-state index in [1.807, 2.05) is 30.3 Å². The molecule has 1 aliphatic carbocycles. The topological polar surface area (TPSA) is 83.2 Å². The molecule has 2 heterocycles. The molecule has 2 aromatic rings. The lowest BCUT2D eigenvalue weighted by Crippen LogP contribution is -2.18. The van der Waals surface area contributed by atoms with Gasteiger partial charge in [0, 0.05) is 31.0 Å². The van der Waals surface area contributed by atoms with Crippen molar-refractivity contribution in [3.63, 3.8) is 0 Å². The number of benzene rings is 1. The van der Waals surface area contributed by atoms with E-state index >= 15 is 0 Å². The Morgan fingerprint density at radius 1 is 1.44 bits per heavy atom. The number of hydrogen-bond donors (Lipinski definition) is 2. The molecule has 2 aliphatic rings. The Morgan fingerprint density at radius 2 is 2.30 bits per heavy atom. The molecule has 1 aliphatic heterocycles. The molecule has 0 bridgehead atoms. The van der Waals surface area contributed by atoms with Gasteiger partial charge in [0.05, 0.1) is 12.8 Å². The number of nitrogens with zero attached hydrogens (tertiary/aromatic N) is 1. The summed E-state index contributed by atoms with van der Waals surface area (Å²) in [6.45, 7) is 5.40. The molecular formula is C22H25N3O2. The molecule has 27 heavy (non-hydrogen) atoms. The van der Waals surface area contributed by atoms with E-state index in [1.54, 1.807) is 13.3 Å². The van der Waals surface area contributed by atoms with E-state index < -0.39 is 0 Å². The molecule has 1 aromatic carbocycles. The van der Waals surface area contributed by atoms with Crippen molar-refractivity contribution in [3.05, 3.63) is 71.8 Å². The maximum Gasteiger partial charge on any atom is 0.226 e. The summed E-state index contributed by atoms with van der Waals surface area (Å²) in [5.74, 6) is 2.83. The van der Waals surface area contributed by atoms with Crippen LogP contribution in [0.25, 0.3) is 11.5 Å². The van der Waals surface area contributed by atoms with Crippen LogP contribution in [-0.4, -0.2) is 24.7 Å². The first kappa shape index (κ1) is 17.6. The second-order valence-electron chi connectivity index (χ2n) is 7.05. The molecule has 0 saturated carbocycles. The second kappa shape index (κ2) is 7.45. The SMILES string of the molecule is C=C(/C(=C\C=C/N)C1CN1)C1CCc2oc(-c3cccc(OC)c3)nc2C1. The fraction of sp³-hybridized carbons (Fsp3) is 0.318. The number of aryl methyl sites for hydroxylation is 1. The first-order valence-electron chi connectivity index (χ1n) is 9.33. The third-order valence-electron chi connectivity index (χ3n) is 5.29. The van der Waals surface area contributed by atoms with Gasteiger partial charge < -0.3 is 20.2 Å². The summed E-state index contributed by atoms with van der Waals surface area (Å²) in [5, 5.41) is 3.37. The van der Waals surface area contributed by atoms with Crippen LogP contribution in [0.2, 0.25) is 0 Å². The van der Waals surface area contributed by atoms with Gasteiger partial charge >= 0.3 is 0 Å². The predicted molar refractivity (Wildman–Crippen MR) is 106 cm³/mol. The molecular weight excluding hydrogens is 338 g/mol. The summed E-state index contributed by atoms with van der Waals surface area (Å²) < 4.78 is 11.4. The molecule has 0 radical (unpaired) electrons. The monoisotopic (exact) mass is 363 g/mol. The molecule has 2 atom stereocenters. The van der Waals surface area contributed by atoms with Crippen molar-refractivity contribution in [1.29, 1.82) is 0 Å². The molecule has 1 aromatic heterocycles. The van der Waals surface area contributed by atoms with Crippen molar-refractivity contribution < 1.29 is 9.15 Å². The lowest BCUT2D eigenvalue weighted by molar-refractivity contribution is 0.414. The zero-order chi connectivity index (χ0) is 18.8. The average molecular weight is 363 g/mol. The molecule has 0 spiro atoms. The largest absolute Gasteiger partial charge is 0.497 e. The van der Waals surface area contributed by atoms with Gasteiger partial charge in [-0.05, 0) is 54.0 Å². The maximum absolute atomic E-state index is 6.05. The van der Waals surface area contributed by atoms with Crippen molar-refractivity contribution in [2.45, 2.75) is 25.3 Å². The van der Waals surface area contributed by atoms with E-state index in [2.05, 4.69) is 18.0 Å². The van der Waals surface area contributed by atoms with Gasteiger partial charge in [-0.2, -0.15) is 0 Å². The van der Waals surface area contributed by atoms with Crippen LogP contribution in [0.3, 0.4) is 0 Å². The van der Waals surface area contributed by atoms with Gasteiger partial charge in [0.25, 0.3) is 0 Å². The van der Waals surface area contributed by atoms with Gasteiger partial charge in [-0.15, -0.1) is 0 Å². The third-order valence-corrected chi connectivity index (χ3v) is 5.29. The quantitative estimate of drug-likeness (QED) is 0.607. The van der Waals surface area contributed by atoms with Gasteiger partial charge in [-0.3, -0.25) is 0 Å². The molecule has 1 saturated heterocycles. The van der Waals surface area contributed by atoms with Crippen molar-refractivity contribution in [3.8, 4) is 17.2 Å². The molecule has 1 fully saturated rings. The summed E-state index contributed by atoms with van der Waals surface area (Å²) >= 11 is 0. The molecule has 3 N–H and O–H groups in total. The molecule has 140 valence electrons. The fourth-order valence-electron chi connectivity index (χ4n) is 3.68. The summed E-state index contributed by atoms with van der Waals surface area (Å²) in [7, 11) is 1.66. The highest BCUT2D eigenvalue weighted by Crippen LogP contribution is 2.36. The second-order valence-corrected chi connectivity index (χ2v) is 7.05. The van der Waals surface area contributed by atoms with Crippen molar-refractivity contribution in [2.24, 2.45) is 11.7 Å². The smallest absolute Gasteiger partial charge is 0.226 e. The number of methoxy groups -OCH3 is 1. The van der Waals surface area contributed by atoms with Crippen LogP contribution in [0.5, 0.6) is 5.75 Å². The van der Waals surface area contributed by atoms with Gasteiger partial charge in [0.15, 0.2) is 0 Å². The van der Waals surface area contributed by atoms with Gasteiger partial charge in [0.1, 0.15) is 11.5 Å². The van der Waals surface area contributed by atoms with Gasteiger partial charge in [0.2, 0.25) is 5.89 Å². The van der Waals surface area contributed by atoms with Crippen LogP contribution in [0.1, 0.15) is 17.9 Å². The molecule has 0 amide bonds. The summed E-state index contributed by atoms with van der Waals surface area (Å²) in [6.07, 6.45) is 8.28. The minimum absolute atomic E-state index is 0.376. The van der Waals surface area contributed by atoms with E-state index in [0.29, 0.717) is 17.9 Å². The predicted octanol–water partition coefficient (Wildman–Crippen LogP) is 3.38. The lowest BCUT2D eigenvalue weighted by Gasteiger charge is -2.24. The van der Waals surface area contributed by atoms with Crippen LogP contribution in [0.4, 0.5) is 0 Å². The summed E-state index contributed by atoms with van der Waals surface area (Å²) in [5.41, 5.74) is 9.93. The zero-order valence-corrected chi connectivity index (χ0v) is 15.6. The van der Waals surface area contributed by atoms with Crippen molar-refractivity contribution in [1.82, 2.24) is 10.3 Å². The highest BCUT2D eigenvalue weighted by Gasteiger charge is 2.32. The number of allylic oxidation sites excluding steroid dienone is 2. The normalized spacial score (nSPS) is 21.9. The highest BCUT2D eigenvalue weighted by atomic mass is 16.5. The van der Waals surface area contributed by atoms with Gasteiger partial charge in [-0.1, -0.05) is 18.7 Å². The number of fused-ring (bicyclic) bond motifs is 1. The Balaban J connectivity index is 1.55. The number of aromatic nitrogens is 1. The van der Waals surface area contributed by atoms with E-state index in [-0.39, 0.29) is 0 Å². The number of nitrogens with one attached hydrogen (secondary N) is 1. The van der Waals surface area contributed by atoms with Crippen LogP contribution >= 0.6 is 0 Å². The van der Waals surface area contributed by atoms with E-state index in [4.69, 9.17) is 19.9 Å². The highest BCUT2D eigenvalue weighted by molar-refractivity contribution is 5.56. The van der Waals surface area contributed by atoms with Crippen LogP contribution in [0, 0.1) is 5.92 Å². The Labute approximate surface area is 159 Å². The van der Waals surface area contributed by atoms with Crippen LogP contribution in [-0.2, 0) is 12.8 Å².